The van der Waals surface area contributed by atoms with Gasteiger partial charge in [0.05, 0.1) is 19.6 Å². The Morgan fingerprint density at radius 2 is 0.456 bits per heavy atom. The Bertz CT molecular complexity index is 1050. The van der Waals surface area contributed by atoms with E-state index in [9.17, 15) is 0 Å². The molecule has 0 bridgehead atoms. The predicted octanol–water partition coefficient (Wildman–Crippen LogP) is 23.5. The molecule has 1 nitrogen and oxygen atoms in total. The Morgan fingerprint density at radius 3 is 0.691 bits per heavy atom. The van der Waals surface area contributed by atoms with Crippen molar-refractivity contribution in [3.8, 4) is 0 Å². The first-order valence-corrected chi connectivity index (χ1v) is 31.6. The van der Waals surface area contributed by atoms with Crippen molar-refractivity contribution in [3.05, 3.63) is 72.4 Å². The van der Waals surface area contributed by atoms with Gasteiger partial charge in [0, 0.05) is 5.56 Å². The van der Waals surface area contributed by atoms with E-state index >= 15 is 0 Å². The zero-order valence-electron chi connectivity index (χ0n) is 47.1. The molecule has 0 aliphatic heterocycles. The molecule has 0 atom stereocenters. The molecular formula is C67H124N+. The van der Waals surface area contributed by atoms with Crippen LogP contribution in [-0.4, -0.2) is 24.1 Å². The summed E-state index contributed by atoms with van der Waals surface area (Å²) in [7, 11) is 0. The maximum Gasteiger partial charge on any atom is 0.104 e. The van der Waals surface area contributed by atoms with E-state index in [1.807, 2.05) is 0 Å². The monoisotopic (exact) mass is 943 g/mol. The molecule has 396 valence electrons. The van der Waals surface area contributed by atoms with Crippen molar-refractivity contribution in [2.24, 2.45) is 0 Å². The first-order chi connectivity index (χ1) is 33.8. The maximum absolute atomic E-state index is 2.51. The van der Waals surface area contributed by atoms with E-state index in [-0.39, 0.29) is 0 Å². The van der Waals surface area contributed by atoms with Crippen LogP contribution in [0.5, 0.6) is 0 Å². The number of hydrogen-bond acceptors (Lipinski definition) is 0. The van der Waals surface area contributed by atoms with Gasteiger partial charge in [-0.2, -0.15) is 0 Å². The van der Waals surface area contributed by atoms with Gasteiger partial charge in [0.2, 0.25) is 0 Å². The van der Waals surface area contributed by atoms with Gasteiger partial charge in [-0.3, -0.25) is 0 Å². The van der Waals surface area contributed by atoms with Gasteiger partial charge in [0.1, 0.15) is 6.54 Å². The number of allylic oxidation sites excluding steroid dienone is 6. The summed E-state index contributed by atoms with van der Waals surface area (Å²) in [4.78, 5) is 0. The summed E-state index contributed by atoms with van der Waals surface area (Å²) in [5.41, 5.74) is 1.56. The van der Waals surface area contributed by atoms with Crippen LogP contribution in [0.4, 0.5) is 0 Å². The van der Waals surface area contributed by atoms with Gasteiger partial charge in [-0.15, -0.1) is 0 Å². The quantitative estimate of drug-likeness (QED) is 0.0347. The molecule has 68 heavy (non-hydrogen) atoms. The average Bonchev–Trinajstić information content (AvgIpc) is 3.35. The summed E-state index contributed by atoms with van der Waals surface area (Å²) in [6.45, 7) is 12.3. The Hall–Kier alpha value is -1.60. The number of hydrogen-bond donors (Lipinski definition) is 0. The molecule has 0 saturated heterocycles. The van der Waals surface area contributed by atoms with E-state index in [0.717, 1.165) is 0 Å². The fourth-order valence-electron chi connectivity index (χ4n) is 10.7. The van der Waals surface area contributed by atoms with E-state index in [2.05, 4.69) is 87.6 Å². The number of rotatable bonds is 56. The van der Waals surface area contributed by atoms with Crippen LogP contribution in [0.1, 0.15) is 335 Å². The third kappa shape index (κ3) is 46.8. The second-order valence-electron chi connectivity index (χ2n) is 22.1. The van der Waals surface area contributed by atoms with Crippen molar-refractivity contribution in [1.82, 2.24) is 0 Å². The third-order valence-electron chi connectivity index (χ3n) is 15.3. The summed E-state index contributed by atoms with van der Waals surface area (Å²) in [5.74, 6) is 0. The van der Waals surface area contributed by atoms with Gasteiger partial charge in [-0.05, 0) is 116 Å². The Balaban J connectivity index is 2.49. The highest BCUT2D eigenvalue weighted by atomic mass is 15.3. The maximum atomic E-state index is 2.51. The topological polar surface area (TPSA) is 0 Å². The summed E-state index contributed by atoms with van der Waals surface area (Å²) in [5, 5.41) is 0. The Labute approximate surface area is 430 Å². The zero-order chi connectivity index (χ0) is 48.6. The van der Waals surface area contributed by atoms with Crippen molar-refractivity contribution >= 4 is 0 Å². The highest BCUT2D eigenvalue weighted by Gasteiger charge is 2.26. The first kappa shape index (κ1) is 64.4. The molecule has 0 heterocycles. The molecule has 0 unspecified atom stereocenters. The lowest BCUT2D eigenvalue weighted by Gasteiger charge is -2.39. The van der Waals surface area contributed by atoms with Crippen LogP contribution in [0.2, 0.25) is 0 Å². The molecule has 0 aliphatic carbocycles. The fraction of sp³-hybridized carbons (Fsp3) is 0.821. The summed E-state index contributed by atoms with van der Waals surface area (Å²) in [6, 6.07) is 11.6. The Morgan fingerprint density at radius 1 is 0.250 bits per heavy atom. The minimum Gasteiger partial charge on any atom is -0.320 e. The van der Waals surface area contributed by atoms with Crippen molar-refractivity contribution < 1.29 is 4.48 Å². The highest BCUT2D eigenvalue weighted by molar-refractivity contribution is 5.13. The van der Waals surface area contributed by atoms with Crippen molar-refractivity contribution in [3.63, 3.8) is 0 Å². The van der Waals surface area contributed by atoms with E-state index in [4.69, 9.17) is 0 Å². The summed E-state index contributed by atoms with van der Waals surface area (Å²) >= 11 is 0. The minimum atomic E-state index is 1.23. The van der Waals surface area contributed by atoms with Crippen LogP contribution in [0, 0.1) is 0 Å². The molecule has 0 saturated carbocycles. The predicted molar refractivity (Wildman–Crippen MR) is 311 cm³/mol. The molecule has 0 N–H and O–H groups in total. The van der Waals surface area contributed by atoms with Gasteiger partial charge in [0.15, 0.2) is 0 Å². The number of quaternary nitrogens is 1. The summed E-state index contributed by atoms with van der Waals surface area (Å²) < 4.78 is 1.32. The smallest absolute Gasteiger partial charge is 0.104 e. The van der Waals surface area contributed by atoms with Crippen LogP contribution < -0.4 is 0 Å². The van der Waals surface area contributed by atoms with Crippen LogP contribution in [0.15, 0.2) is 66.8 Å². The van der Waals surface area contributed by atoms with Gasteiger partial charge in [-0.25, -0.2) is 0 Å². The first-order valence-electron chi connectivity index (χ1n) is 31.6. The minimum absolute atomic E-state index is 1.23. The van der Waals surface area contributed by atoms with Gasteiger partial charge in [0.25, 0.3) is 0 Å². The van der Waals surface area contributed by atoms with Crippen LogP contribution >= 0.6 is 0 Å². The second kappa shape index (κ2) is 54.7. The molecule has 0 amide bonds. The molecule has 0 spiro atoms. The van der Waals surface area contributed by atoms with E-state index in [1.165, 1.54) is 339 Å². The Kier molecular flexibility index (Phi) is 51.8. The second-order valence-corrected chi connectivity index (χ2v) is 22.1. The van der Waals surface area contributed by atoms with Crippen LogP contribution in [-0.2, 0) is 6.54 Å². The zero-order valence-corrected chi connectivity index (χ0v) is 47.1. The lowest BCUT2D eigenvalue weighted by atomic mass is 10.0. The molecule has 1 aromatic carbocycles. The molecule has 0 radical (unpaired) electrons. The van der Waals surface area contributed by atoms with E-state index in [1.54, 1.807) is 5.56 Å². The normalized spacial score (nSPS) is 12.3. The number of unbranched alkanes of at least 4 members (excludes halogenated alkanes) is 42. The molecule has 1 rings (SSSR count). The average molecular weight is 944 g/mol. The van der Waals surface area contributed by atoms with Crippen LogP contribution in [0.3, 0.4) is 0 Å². The molecule has 0 aromatic heterocycles. The third-order valence-corrected chi connectivity index (χ3v) is 15.3. The molecule has 1 heteroatoms. The standard InChI is InChI=1S/C67H124N/c1-4-7-10-13-16-19-22-25-28-31-34-37-40-43-46-49-52-58-63-68(66-67-61-56-55-57-62-67,64-59-53-50-47-44-41-38-35-32-29-26-23-20-17-14-11-8-5-2)65-60-54-51-48-45-42-39-36-33-30-27-24-21-18-15-12-9-6-3/h37-42,55-57,61-62H,4-36,43-54,58-60,63-66H2,1-3H3/q+1/b40-37+,41-38+,42-39+. The van der Waals surface area contributed by atoms with Crippen LogP contribution in [0.25, 0.3) is 0 Å². The van der Waals surface area contributed by atoms with Crippen molar-refractivity contribution in [2.75, 3.05) is 19.6 Å². The molecule has 0 aliphatic rings. The number of nitrogens with zero attached hydrogens (tertiary/aromatic N) is 1. The van der Waals surface area contributed by atoms with Gasteiger partial charge in [-0.1, -0.05) is 280 Å². The van der Waals surface area contributed by atoms with E-state index in [0.29, 0.717) is 0 Å². The SMILES string of the molecule is CCCCCCCCCCCC/C=C/CCCCCC[N+](CCCCCC/C=C/CCCCCCCCCCCC)(CCCCCC/C=C/CCCCCCCCCCCC)Cc1ccccc1. The van der Waals surface area contributed by atoms with Crippen molar-refractivity contribution in [2.45, 2.75) is 336 Å². The van der Waals surface area contributed by atoms with Gasteiger partial charge < -0.3 is 4.48 Å². The largest absolute Gasteiger partial charge is 0.320 e. The lowest BCUT2D eigenvalue weighted by molar-refractivity contribution is -0.941. The number of benzene rings is 1. The van der Waals surface area contributed by atoms with E-state index < -0.39 is 0 Å². The molecule has 0 fully saturated rings. The van der Waals surface area contributed by atoms with Crippen molar-refractivity contribution in [1.29, 1.82) is 0 Å². The lowest BCUT2D eigenvalue weighted by Crippen LogP contribution is -2.49. The molecular weight excluding hydrogens is 819 g/mol. The fourth-order valence-corrected chi connectivity index (χ4v) is 10.7. The van der Waals surface area contributed by atoms with Gasteiger partial charge >= 0.3 is 0 Å². The summed E-state index contributed by atoms with van der Waals surface area (Å²) in [6.07, 6.45) is 82.4. The highest BCUT2D eigenvalue weighted by Crippen LogP contribution is 2.23. The molecule has 1 aromatic rings.